The van der Waals surface area contributed by atoms with Crippen LogP contribution in [0.4, 0.5) is 5.82 Å². The zero-order valence-corrected chi connectivity index (χ0v) is 10.2. The summed E-state index contributed by atoms with van der Waals surface area (Å²) in [5.41, 5.74) is 1.25. The van der Waals surface area contributed by atoms with Gasteiger partial charge in [0, 0.05) is 12.2 Å². The predicted octanol–water partition coefficient (Wildman–Crippen LogP) is 3.91. The number of hydrogen-bond donors (Lipinski definition) is 1. The Hall–Kier alpha value is -1.05. The lowest BCUT2D eigenvalue weighted by Crippen LogP contribution is -2.21. The van der Waals surface area contributed by atoms with E-state index in [-0.39, 0.29) is 0 Å². The van der Waals surface area contributed by atoms with Crippen molar-refractivity contribution >= 4 is 5.82 Å². The number of hydrogen-bond acceptors (Lipinski definition) is 2. The fourth-order valence-corrected chi connectivity index (χ4v) is 2.43. The molecule has 0 aliphatic heterocycles. The zero-order valence-electron chi connectivity index (χ0n) is 10.2. The van der Waals surface area contributed by atoms with E-state index in [0.29, 0.717) is 6.04 Å². The van der Waals surface area contributed by atoms with Crippen LogP contribution >= 0.6 is 0 Å². The Bertz CT molecular complexity index is 314. The molecule has 2 rings (SSSR count). The van der Waals surface area contributed by atoms with E-state index >= 15 is 0 Å². The maximum atomic E-state index is 4.42. The molecule has 88 valence electrons. The molecule has 2 nitrogen and oxygen atoms in total. The Morgan fingerprint density at radius 1 is 1.12 bits per heavy atom. The molecule has 0 saturated heterocycles. The molecule has 0 spiro atoms. The highest BCUT2D eigenvalue weighted by molar-refractivity contribution is 5.43. The first-order valence-corrected chi connectivity index (χ1v) is 6.54. The van der Waals surface area contributed by atoms with E-state index in [1.165, 1.54) is 50.5 Å². The molecule has 1 heterocycles. The monoisotopic (exact) mass is 218 g/mol. The minimum absolute atomic E-state index is 0.633. The van der Waals surface area contributed by atoms with Crippen LogP contribution in [0.15, 0.2) is 18.3 Å². The molecule has 1 aromatic rings. The number of aryl methyl sites for hydroxylation is 1. The molecule has 0 radical (unpaired) electrons. The number of nitrogens with zero attached hydrogens (tertiary/aromatic N) is 1. The van der Waals surface area contributed by atoms with Gasteiger partial charge in [0.2, 0.25) is 0 Å². The minimum Gasteiger partial charge on any atom is -0.367 e. The molecule has 1 aliphatic carbocycles. The van der Waals surface area contributed by atoms with Crippen LogP contribution in [0.25, 0.3) is 0 Å². The summed E-state index contributed by atoms with van der Waals surface area (Å²) in [7, 11) is 0. The fraction of sp³-hybridized carbons (Fsp3) is 0.643. The molecule has 0 bridgehead atoms. The van der Waals surface area contributed by atoms with Crippen LogP contribution in [0.5, 0.6) is 0 Å². The number of nitrogens with one attached hydrogen (secondary N) is 1. The first-order chi connectivity index (χ1) is 7.86. The van der Waals surface area contributed by atoms with Gasteiger partial charge in [0.25, 0.3) is 0 Å². The number of rotatable bonds is 2. The van der Waals surface area contributed by atoms with Gasteiger partial charge in [-0.05, 0) is 31.4 Å². The second-order valence-electron chi connectivity index (χ2n) is 4.86. The van der Waals surface area contributed by atoms with Gasteiger partial charge in [0.15, 0.2) is 0 Å². The molecule has 0 atom stereocenters. The Labute approximate surface area is 98.5 Å². The SMILES string of the molecule is Cc1cccnc1NC1CCCCCCC1. The summed E-state index contributed by atoms with van der Waals surface area (Å²) in [5.74, 6) is 1.08. The van der Waals surface area contributed by atoms with Gasteiger partial charge in [0.05, 0.1) is 0 Å². The van der Waals surface area contributed by atoms with Gasteiger partial charge in [-0.25, -0.2) is 4.98 Å². The van der Waals surface area contributed by atoms with Crippen LogP contribution in [0, 0.1) is 6.92 Å². The summed E-state index contributed by atoms with van der Waals surface area (Å²) in [4.78, 5) is 4.42. The normalized spacial score (nSPS) is 18.8. The number of anilines is 1. The van der Waals surface area contributed by atoms with E-state index in [0.717, 1.165) is 5.82 Å². The molecule has 0 aromatic carbocycles. The molecule has 16 heavy (non-hydrogen) atoms. The van der Waals surface area contributed by atoms with Crippen molar-refractivity contribution in [2.45, 2.75) is 57.9 Å². The van der Waals surface area contributed by atoms with Gasteiger partial charge < -0.3 is 5.32 Å². The maximum Gasteiger partial charge on any atom is 0.129 e. The molecule has 1 saturated carbocycles. The summed E-state index contributed by atoms with van der Waals surface area (Å²) in [6.45, 7) is 2.12. The third kappa shape index (κ3) is 3.22. The van der Waals surface area contributed by atoms with Gasteiger partial charge >= 0.3 is 0 Å². The second-order valence-corrected chi connectivity index (χ2v) is 4.86. The molecule has 1 N–H and O–H groups in total. The van der Waals surface area contributed by atoms with Crippen LogP contribution in [0.3, 0.4) is 0 Å². The maximum absolute atomic E-state index is 4.42. The zero-order chi connectivity index (χ0) is 11.2. The van der Waals surface area contributed by atoms with Gasteiger partial charge in [-0.2, -0.15) is 0 Å². The summed E-state index contributed by atoms with van der Waals surface area (Å²) in [6, 6.07) is 4.76. The largest absolute Gasteiger partial charge is 0.367 e. The van der Waals surface area contributed by atoms with Gasteiger partial charge in [-0.3, -0.25) is 0 Å². The van der Waals surface area contributed by atoms with Gasteiger partial charge in [-0.1, -0.05) is 38.2 Å². The van der Waals surface area contributed by atoms with Crippen molar-refractivity contribution in [1.29, 1.82) is 0 Å². The van der Waals surface area contributed by atoms with Crippen molar-refractivity contribution in [2.24, 2.45) is 0 Å². The van der Waals surface area contributed by atoms with Crippen molar-refractivity contribution in [2.75, 3.05) is 5.32 Å². The third-order valence-electron chi connectivity index (χ3n) is 3.46. The summed E-state index contributed by atoms with van der Waals surface area (Å²) in [5, 5.41) is 3.61. The van der Waals surface area contributed by atoms with Crippen molar-refractivity contribution in [1.82, 2.24) is 4.98 Å². The number of aromatic nitrogens is 1. The van der Waals surface area contributed by atoms with Crippen molar-refractivity contribution in [3.8, 4) is 0 Å². The van der Waals surface area contributed by atoms with E-state index in [1.807, 2.05) is 12.3 Å². The molecule has 1 fully saturated rings. The van der Waals surface area contributed by atoms with E-state index in [1.54, 1.807) is 0 Å². The Morgan fingerprint density at radius 3 is 2.50 bits per heavy atom. The van der Waals surface area contributed by atoms with Crippen LogP contribution in [0.1, 0.15) is 50.5 Å². The van der Waals surface area contributed by atoms with E-state index < -0.39 is 0 Å². The lowest BCUT2D eigenvalue weighted by molar-refractivity contribution is 0.470. The highest BCUT2D eigenvalue weighted by Crippen LogP contribution is 2.21. The molecule has 0 amide bonds. The molecular formula is C14H22N2. The second kappa shape index (κ2) is 5.88. The summed E-state index contributed by atoms with van der Waals surface area (Å²) in [6.07, 6.45) is 11.4. The molecule has 2 heteroatoms. The molecule has 1 aliphatic rings. The van der Waals surface area contributed by atoms with Gasteiger partial charge in [0.1, 0.15) is 5.82 Å². The van der Waals surface area contributed by atoms with Crippen molar-refractivity contribution < 1.29 is 0 Å². The lowest BCUT2D eigenvalue weighted by atomic mass is 9.96. The van der Waals surface area contributed by atoms with Crippen LogP contribution in [-0.4, -0.2) is 11.0 Å². The fourth-order valence-electron chi connectivity index (χ4n) is 2.43. The average molecular weight is 218 g/mol. The third-order valence-corrected chi connectivity index (χ3v) is 3.46. The number of pyridine rings is 1. The van der Waals surface area contributed by atoms with Crippen molar-refractivity contribution in [3.05, 3.63) is 23.9 Å². The summed E-state index contributed by atoms with van der Waals surface area (Å²) < 4.78 is 0. The Morgan fingerprint density at radius 2 is 1.81 bits per heavy atom. The molecule has 1 aromatic heterocycles. The molecule has 0 unspecified atom stereocenters. The lowest BCUT2D eigenvalue weighted by Gasteiger charge is -2.22. The van der Waals surface area contributed by atoms with E-state index in [4.69, 9.17) is 0 Å². The van der Waals surface area contributed by atoms with Crippen molar-refractivity contribution in [3.63, 3.8) is 0 Å². The van der Waals surface area contributed by atoms with Crippen LogP contribution in [-0.2, 0) is 0 Å². The summed E-state index contributed by atoms with van der Waals surface area (Å²) >= 11 is 0. The minimum atomic E-state index is 0.633. The van der Waals surface area contributed by atoms with Gasteiger partial charge in [-0.15, -0.1) is 0 Å². The Kier molecular flexibility index (Phi) is 4.20. The quantitative estimate of drug-likeness (QED) is 0.814. The highest BCUT2D eigenvalue weighted by Gasteiger charge is 2.12. The average Bonchev–Trinajstić information content (AvgIpc) is 2.24. The first kappa shape index (κ1) is 11.4. The molecular weight excluding hydrogens is 196 g/mol. The standard InChI is InChI=1S/C14H22N2/c1-12-8-7-11-15-14(12)16-13-9-5-3-2-4-6-10-13/h7-8,11,13H,2-6,9-10H2,1H3,(H,15,16). The Balaban J connectivity index is 1.94. The van der Waals surface area contributed by atoms with E-state index in [9.17, 15) is 0 Å². The topological polar surface area (TPSA) is 24.9 Å². The van der Waals surface area contributed by atoms with E-state index in [2.05, 4.69) is 23.3 Å². The highest BCUT2D eigenvalue weighted by atomic mass is 15.0. The first-order valence-electron chi connectivity index (χ1n) is 6.54. The smallest absolute Gasteiger partial charge is 0.129 e. The van der Waals surface area contributed by atoms with Crippen LogP contribution in [0.2, 0.25) is 0 Å². The predicted molar refractivity (Wildman–Crippen MR) is 68.7 cm³/mol. The van der Waals surface area contributed by atoms with Crippen LogP contribution < -0.4 is 5.32 Å².